The number of aryl methyl sites for hydroxylation is 1. The normalized spacial score (nSPS) is 24.7. The number of rotatable bonds is 8. The number of amides is 2. The number of carbonyl (C=O) groups is 3. The topological polar surface area (TPSA) is 186 Å². The lowest BCUT2D eigenvalue weighted by Crippen LogP contribution is -2.74. The molecule has 2 aromatic rings. The van der Waals surface area contributed by atoms with Crippen LogP contribution in [0.15, 0.2) is 9.50 Å². The molecule has 0 radical (unpaired) electrons. The maximum absolute atomic E-state index is 12.8. The number of carboxylic acids is 1. The Hall–Kier alpha value is -2.50. The summed E-state index contributed by atoms with van der Waals surface area (Å²) in [6, 6.07) is -0.828. The van der Waals surface area contributed by atoms with Crippen LogP contribution < -0.4 is 11.1 Å². The van der Waals surface area contributed by atoms with E-state index in [4.69, 9.17) is 10.6 Å². The molecule has 0 spiro atoms. The first-order valence-corrected chi connectivity index (χ1v) is 13.0. The molecule has 4 N–H and O–H groups in total. The fourth-order valence-corrected chi connectivity index (χ4v) is 7.37. The highest BCUT2D eigenvalue weighted by molar-refractivity contribution is 8.01. The molecule has 13 nitrogen and oxygen atoms in total. The number of hydrogen-bond acceptors (Lipinski definition) is 14. The minimum absolute atomic E-state index is 0.00870. The predicted octanol–water partition coefficient (Wildman–Crippen LogP) is -0.106. The van der Waals surface area contributed by atoms with E-state index in [1.54, 1.807) is 0 Å². The standard InChI is InChI=1S/C16H18N8O5S4/c1-6-20-21-15(32-6)31-5-16(13(27)28)3-24-11(26)8(12(24)30-4-16)18-10(25)7(22-29-2)9-19-14(17)33-23-9/h8,12H,3-5H2,1-2H3,(H,18,25)(H,27,28)(H2,17,19,23)/t8?,12-,16?/m1/s1. The van der Waals surface area contributed by atoms with Gasteiger partial charge in [-0.1, -0.05) is 28.3 Å². The molecule has 3 atom stereocenters. The number of anilines is 1. The Morgan fingerprint density at radius 1 is 1.45 bits per heavy atom. The average Bonchev–Trinajstić information content (AvgIpc) is 3.41. The minimum atomic E-state index is -1.14. The lowest BCUT2D eigenvalue weighted by atomic mass is 9.89. The summed E-state index contributed by atoms with van der Waals surface area (Å²) in [4.78, 5) is 47.8. The van der Waals surface area contributed by atoms with Gasteiger partial charge in [0.05, 0.1) is 0 Å². The van der Waals surface area contributed by atoms with Gasteiger partial charge in [0.15, 0.2) is 9.47 Å². The molecule has 33 heavy (non-hydrogen) atoms. The van der Waals surface area contributed by atoms with Crippen molar-refractivity contribution in [2.24, 2.45) is 10.6 Å². The Morgan fingerprint density at radius 2 is 2.24 bits per heavy atom. The van der Waals surface area contributed by atoms with Crippen molar-refractivity contribution in [1.82, 2.24) is 29.8 Å². The summed E-state index contributed by atoms with van der Waals surface area (Å²) >= 11 is 4.91. The number of nitrogens with zero attached hydrogens (tertiary/aromatic N) is 6. The van der Waals surface area contributed by atoms with Crippen molar-refractivity contribution >= 4 is 75.0 Å². The molecule has 4 rings (SSSR count). The van der Waals surface area contributed by atoms with Gasteiger partial charge in [-0.25, -0.2) is 0 Å². The summed E-state index contributed by atoms with van der Waals surface area (Å²) in [5.41, 5.74) is 4.22. The van der Waals surface area contributed by atoms with Crippen LogP contribution in [-0.2, 0) is 19.2 Å². The number of β-lactam (4-membered cyclic amide) rings is 1. The summed E-state index contributed by atoms with van der Waals surface area (Å²) in [7, 11) is 1.27. The van der Waals surface area contributed by atoms with Crippen LogP contribution in [0.25, 0.3) is 0 Å². The largest absolute Gasteiger partial charge is 0.481 e. The highest BCUT2D eigenvalue weighted by atomic mass is 32.2. The summed E-state index contributed by atoms with van der Waals surface area (Å²) in [6.07, 6.45) is 0. The monoisotopic (exact) mass is 530 g/mol. The van der Waals surface area contributed by atoms with Gasteiger partial charge in [-0.3, -0.25) is 14.4 Å². The van der Waals surface area contributed by atoms with Gasteiger partial charge in [0, 0.05) is 29.6 Å². The highest BCUT2D eigenvalue weighted by Crippen LogP contribution is 2.44. The molecule has 4 heterocycles. The van der Waals surface area contributed by atoms with Crippen LogP contribution >= 0.6 is 46.4 Å². The number of hydrogen-bond donors (Lipinski definition) is 3. The highest BCUT2D eigenvalue weighted by Gasteiger charge is 2.57. The minimum Gasteiger partial charge on any atom is -0.481 e. The fraction of sp³-hybridized carbons (Fsp3) is 0.500. The molecule has 2 aliphatic rings. The van der Waals surface area contributed by atoms with Crippen molar-refractivity contribution in [3.63, 3.8) is 0 Å². The van der Waals surface area contributed by atoms with E-state index >= 15 is 0 Å². The first-order chi connectivity index (χ1) is 15.7. The van der Waals surface area contributed by atoms with E-state index in [9.17, 15) is 19.5 Å². The van der Waals surface area contributed by atoms with E-state index in [1.807, 2.05) is 6.92 Å². The summed E-state index contributed by atoms with van der Waals surface area (Å²) in [5, 5.41) is 24.7. The van der Waals surface area contributed by atoms with Crippen LogP contribution in [0, 0.1) is 12.3 Å². The molecule has 0 saturated carbocycles. The molecule has 0 aliphatic carbocycles. The summed E-state index contributed by atoms with van der Waals surface area (Å²) in [5.74, 6) is -1.53. The van der Waals surface area contributed by atoms with Gasteiger partial charge in [-0.2, -0.15) is 9.36 Å². The summed E-state index contributed by atoms with van der Waals surface area (Å²) < 4.78 is 4.63. The van der Waals surface area contributed by atoms with E-state index in [0.717, 1.165) is 16.5 Å². The van der Waals surface area contributed by atoms with Crippen LogP contribution in [-0.4, -0.2) is 89.6 Å². The SMILES string of the molecule is CON=C(C(=O)NC1C(=O)N2CC(CSc3nnc(C)s3)(C(=O)O)CS[C@H]12)c1nsc(N)n1. The lowest BCUT2D eigenvalue weighted by Gasteiger charge is -2.53. The number of thioether (sulfide) groups is 2. The molecule has 17 heteroatoms. The Bertz CT molecular complexity index is 1120. The van der Waals surface area contributed by atoms with Gasteiger partial charge in [0.1, 0.15) is 28.9 Å². The quantitative estimate of drug-likeness (QED) is 0.178. The Labute approximate surface area is 203 Å². The second-order valence-electron chi connectivity index (χ2n) is 7.16. The van der Waals surface area contributed by atoms with Crippen LogP contribution in [0.4, 0.5) is 5.13 Å². The third-order valence-corrected chi connectivity index (χ3v) is 9.31. The van der Waals surface area contributed by atoms with E-state index in [1.165, 1.54) is 46.9 Å². The number of nitrogens with one attached hydrogen (secondary N) is 1. The third-order valence-electron chi connectivity index (χ3n) is 4.92. The maximum Gasteiger partial charge on any atom is 0.313 e. The number of fused-ring (bicyclic) bond motifs is 1. The van der Waals surface area contributed by atoms with Crippen molar-refractivity contribution < 1.29 is 24.3 Å². The molecule has 0 bridgehead atoms. The van der Waals surface area contributed by atoms with Gasteiger partial charge < -0.3 is 25.9 Å². The van der Waals surface area contributed by atoms with E-state index < -0.39 is 23.3 Å². The lowest BCUT2D eigenvalue weighted by molar-refractivity contribution is -0.157. The van der Waals surface area contributed by atoms with Crippen LogP contribution in [0.5, 0.6) is 0 Å². The molecular weight excluding hydrogens is 512 g/mol. The van der Waals surface area contributed by atoms with Gasteiger partial charge >= 0.3 is 5.97 Å². The second-order valence-corrected chi connectivity index (χ2v) is 11.5. The second kappa shape index (κ2) is 9.40. The molecule has 176 valence electrons. The molecule has 2 fully saturated rings. The molecular formula is C16H18N8O5S4. The van der Waals surface area contributed by atoms with E-state index in [-0.39, 0.29) is 46.0 Å². The molecule has 2 aliphatic heterocycles. The van der Waals surface area contributed by atoms with E-state index in [0.29, 0.717) is 4.34 Å². The van der Waals surface area contributed by atoms with Crippen molar-refractivity contribution in [1.29, 1.82) is 0 Å². The molecule has 2 saturated heterocycles. The third kappa shape index (κ3) is 4.62. The van der Waals surface area contributed by atoms with Crippen LogP contribution in [0.3, 0.4) is 0 Å². The van der Waals surface area contributed by atoms with Gasteiger partial charge in [-0.05, 0) is 6.92 Å². The number of aromatic nitrogens is 4. The van der Waals surface area contributed by atoms with Crippen molar-refractivity contribution in [3.8, 4) is 0 Å². The smallest absolute Gasteiger partial charge is 0.313 e. The number of nitrogen functional groups attached to an aromatic ring is 1. The number of aliphatic carboxylic acids is 1. The zero-order valence-electron chi connectivity index (χ0n) is 17.2. The predicted molar refractivity (Wildman–Crippen MR) is 123 cm³/mol. The van der Waals surface area contributed by atoms with E-state index in [2.05, 4.69) is 30.0 Å². The number of oxime groups is 1. The number of carbonyl (C=O) groups excluding carboxylic acids is 2. The van der Waals surface area contributed by atoms with Gasteiger partial charge in [-0.15, -0.1) is 22.0 Å². The van der Waals surface area contributed by atoms with Crippen LogP contribution in [0.1, 0.15) is 10.8 Å². The number of carboxylic acid groups (broad SMARTS) is 1. The first kappa shape index (κ1) is 23.7. The molecule has 2 unspecified atom stereocenters. The summed E-state index contributed by atoms with van der Waals surface area (Å²) in [6.45, 7) is 1.87. The number of nitrogens with two attached hydrogens (primary N) is 1. The molecule has 2 aromatic heterocycles. The maximum atomic E-state index is 12.8. The van der Waals surface area contributed by atoms with Gasteiger partial charge in [0.25, 0.3) is 5.91 Å². The molecule has 0 aromatic carbocycles. The Kier molecular flexibility index (Phi) is 6.73. The van der Waals surface area contributed by atoms with Crippen LogP contribution in [0.2, 0.25) is 0 Å². The zero-order chi connectivity index (χ0) is 23.8. The first-order valence-electron chi connectivity index (χ1n) is 9.34. The fourth-order valence-electron chi connectivity index (χ4n) is 3.26. The van der Waals surface area contributed by atoms with Gasteiger partial charge in [0.2, 0.25) is 17.4 Å². The van der Waals surface area contributed by atoms with Crippen molar-refractivity contribution in [2.45, 2.75) is 22.7 Å². The van der Waals surface area contributed by atoms with Crippen molar-refractivity contribution in [2.75, 3.05) is 30.9 Å². The Balaban J connectivity index is 1.42. The molecule has 2 amide bonds. The average molecular weight is 531 g/mol. The Morgan fingerprint density at radius 3 is 2.85 bits per heavy atom. The van der Waals surface area contributed by atoms with Crippen molar-refractivity contribution in [3.05, 3.63) is 10.8 Å². The zero-order valence-corrected chi connectivity index (χ0v) is 20.5.